The van der Waals surface area contributed by atoms with Gasteiger partial charge in [-0.3, -0.25) is 4.90 Å². The second-order valence-corrected chi connectivity index (χ2v) is 4.49. The molecule has 0 aromatic rings. The number of β-amino-alcohol motifs (C(OH)–C–C–N with tert-alkyl or cyclic N) is 1. The molecule has 0 saturated heterocycles. The van der Waals surface area contributed by atoms with Crippen LogP contribution in [0.5, 0.6) is 0 Å². The zero-order valence-corrected chi connectivity index (χ0v) is 9.34. The molecular weight excluding hydrogens is 176 g/mol. The van der Waals surface area contributed by atoms with E-state index in [9.17, 15) is 0 Å². The van der Waals surface area contributed by atoms with Crippen LogP contribution in [0.4, 0.5) is 0 Å². The SMILES string of the molecule is CN(CCO)C1(CN)CCCCCC1. The van der Waals surface area contributed by atoms with Gasteiger partial charge in [-0.1, -0.05) is 25.7 Å². The maximum atomic E-state index is 8.97. The van der Waals surface area contributed by atoms with Gasteiger partial charge in [0.2, 0.25) is 0 Å². The Bertz CT molecular complexity index is 153. The molecule has 84 valence electrons. The molecule has 0 aliphatic heterocycles. The van der Waals surface area contributed by atoms with Crippen molar-refractivity contribution in [3.8, 4) is 0 Å². The molecule has 0 spiro atoms. The van der Waals surface area contributed by atoms with E-state index in [4.69, 9.17) is 10.8 Å². The van der Waals surface area contributed by atoms with E-state index in [2.05, 4.69) is 11.9 Å². The van der Waals surface area contributed by atoms with E-state index in [0.29, 0.717) is 0 Å². The predicted molar refractivity (Wildman–Crippen MR) is 59.2 cm³/mol. The average molecular weight is 200 g/mol. The molecule has 1 fully saturated rings. The zero-order chi connectivity index (χ0) is 10.4. The van der Waals surface area contributed by atoms with Crippen LogP contribution >= 0.6 is 0 Å². The summed E-state index contributed by atoms with van der Waals surface area (Å²) in [5, 5.41) is 8.97. The summed E-state index contributed by atoms with van der Waals surface area (Å²) in [6.07, 6.45) is 7.64. The van der Waals surface area contributed by atoms with Crippen LogP contribution < -0.4 is 5.73 Å². The maximum Gasteiger partial charge on any atom is 0.0558 e. The summed E-state index contributed by atoms with van der Waals surface area (Å²) in [6.45, 7) is 1.71. The highest BCUT2D eigenvalue weighted by Gasteiger charge is 2.32. The van der Waals surface area contributed by atoms with Crippen molar-refractivity contribution in [1.82, 2.24) is 4.90 Å². The topological polar surface area (TPSA) is 49.5 Å². The van der Waals surface area contributed by atoms with Gasteiger partial charge in [-0.2, -0.15) is 0 Å². The molecule has 0 radical (unpaired) electrons. The molecule has 1 rings (SSSR count). The van der Waals surface area contributed by atoms with Crippen LogP contribution in [0.1, 0.15) is 38.5 Å². The van der Waals surface area contributed by atoms with Gasteiger partial charge in [0, 0.05) is 18.6 Å². The van der Waals surface area contributed by atoms with Crippen molar-refractivity contribution in [3.05, 3.63) is 0 Å². The van der Waals surface area contributed by atoms with E-state index in [1.54, 1.807) is 0 Å². The van der Waals surface area contributed by atoms with E-state index in [1.165, 1.54) is 38.5 Å². The van der Waals surface area contributed by atoms with Gasteiger partial charge >= 0.3 is 0 Å². The van der Waals surface area contributed by atoms with Crippen molar-refractivity contribution < 1.29 is 5.11 Å². The predicted octanol–water partition coefficient (Wildman–Crippen LogP) is 0.962. The lowest BCUT2D eigenvalue weighted by Gasteiger charge is -2.40. The molecule has 0 unspecified atom stereocenters. The van der Waals surface area contributed by atoms with Crippen LogP contribution in [0.2, 0.25) is 0 Å². The molecule has 3 heteroatoms. The molecule has 1 aliphatic rings. The normalized spacial score (nSPS) is 22.3. The second-order valence-electron chi connectivity index (χ2n) is 4.49. The standard InChI is InChI=1S/C11H24N2O/c1-13(8-9-14)11(10-12)6-4-2-3-5-7-11/h14H,2-10,12H2,1H3. The number of nitrogens with two attached hydrogens (primary N) is 1. The Kier molecular flexibility index (Phi) is 4.85. The highest BCUT2D eigenvalue weighted by Crippen LogP contribution is 2.30. The number of hydrogen-bond acceptors (Lipinski definition) is 3. The fraction of sp³-hybridized carbons (Fsp3) is 1.00. The van der Waals surface area contributed by atoms with Crippen LogP contribution in [-0.2, 0) is 0 Å². The lowest BCUT2D eigenvalue weighted by Crippen LogP contribution is -2.52. The summed E-state index contributed by atoms with van der Waals surface area (Å²) in [5.41, 5.74) is 6.08. The van der Waals surface area contributed by atoms with Crippen LogP contribution in [0.25, 0.3) is 0 Å². The minimum absolute atomic E-state index is 0.166. The number of hydrogen-bond donors (Lipinski definition) is 2. The third kappa shape index (κ3) is 2.69. The van der Waals surface area contributed by atoms with E-state index in [0.717, 1.165) is 13.1 Å². The third-order valence-electron chi connectivity index (χ3n) is 3.66. The molecule has 0 amide bonds. The van der Waals surface area contributed by atoms with Gasteiger partial charge < -0.3 is 10.8 Å². The molecular formula is C11H24N2O. The summed E-state index contributed by atoms with van der Waals surface area (Å²) in [4.78, 5) is 2.26. The van der Waals surface area contributed by atoms with Crippen molar-refractivity contribution >= 4 is 0 Å². The summed E-state index contributed by atoms with van der Waals surface area (Å²) in [5.74, 6) is 0. The van der Waals surface area contributed by atoms with Crippen molar-refractivity contribution in [1.29, 1.82) is 0 Å². The summed E-state index contributed by atoms with van der Waals surface area (Å²) < 4.78 is 0. The minimum Gasteiger partial charge on any atom is -0.395 e. The highest BCUT2D eigenvalue weighted by molar-refractivity contribution is 4.91. The van der Waals surface area contributed by atoms with E-state index in [-0.39, 0.29) is 12.1 Å². The Hall–Kier alpha value is -0.120. The summed E-state index contributed by atoms with van der Waals surface area (Å²) >= 11 is 0. The first-order valence-electron chi connectivity index (χ1n) is 5.77. The smallest absolute Gasteiger partial charge is 0.0558 e. The molecule has 1 saturated carbocycles. The molecule has 0 bridgehead atoms. The second kappa shape index (κ2) is 5.69. The quantitative estimate of drug-likeness (QED) is 0.665. The maximum absolute atomic E-state index is 8.97. The third-order valence-corrected chi connectivity index (χ3v) is 3.66. The Balaban J connectivity index is 2.61. The number of rotatable bonds is 4. The van der Waals surface area contributed by atoms with Crippen molar-refractivity contribution in [2.24, 2.45) is 5.73 Å². The fourth-order valence-corrected chi connectivity index (χ4v) is 2.52. The van der Waals surface area contributed by atoms with Gasteiger partial charge in [0.05, 0.1) is 6.61 Å². The van der Waals surface area contributed by atoms with Crippen molar-refractivity contribution in [2.75, 3.05) is 26.7 Å². The van der Waals surface area contributed by atoms with Gasteiger partial charge in [0.15, 0.2) is 0 Å². The molecule has 14 heavy (non-hydrogen) atoms. The molecule has 0 aromatic carbocycles. The van der Waals surface area contributed by atoms with Gasteiger partial charge in [-0.15, -0.1) is 0 Å². The molecule has 0 atom stereocenters. The summed E-state index contributed by atoms with van der Waals surface area (Å²) in [7, 11) is 2.09. The van der Waals surface area contributed by atoms with Gasteiger partial charge in [-0.05, 0) is 19.9 Å². The Morgan fingerprint density at radius 2 is 1.79 bits per heavy atom. The fourth-order valence-electron chi connectivity index (χ4n) is 2.52. The van der Waals surface area contributed by atoms with Gasteiger partial charge in [0.1, 0.15) is 0 Å². The van der Waals surface area contributed by atoms with Gasteiger partial charge in [-0.25, -0.2) is 0 Å². The lowest BCUT2D eigenvalue weighted by atomic mass is 9.88. The van der Waals surface area contributed by atoms with E-state index < -0.39 is 0 Å². The molecule has 3 N–H and O–H groups in total. The first kappa shape index (κ1) is 12.0. The van der Waals surface area contributed by atoms with Crippen molar-refractivity contribution in [2.45, 2.75) is 44.1 Å². The monoisotopic (exact) mass is 200 g/mol. The number of nitrogens with zero attached hydrogens (tertiary/aromatic N) is 1. The Labute approximate surface area is 87.3 Å². The van der Waals surface area contributed by atoms with Crippen LogP contribution in [0.15, 0.2) is 0 Å². The molecule has 0 aromatic heterocycles. The molecule has 0 heterocycles. The van der Waals surface area contributed by atoms with Crippen LogP contribution in [0, 0.1) is 0 Å². The number of aliphatic hydroxyl groups is 1. The zero-order valence-electron chi connectivity index (χ0n) is 9.34. The lowest BCUT2D eigenvalue weighted by molar-refractivity contribution is 0.0854. The number of likely N-dealkylation sites (N-methyl/N-ethyl adjacent to an activating group) is 1. The van der Waals surface area contributed by atoms with Crippen LogP contribution in [-0.4, -0.2) is 42.3 Å². The highest BCUT2D eigenvalue weighted by atomic mass is 16.3. The first-order valence-corrected chi connectivity index (χ1v) is 5.77. The molecule has 3 nitrogen and oxygen atoms in total. The number of aliphatic hydroxyl groups excluding tert-OH is 1. The van der Waals surface area contributed by atoms with E-state index in [1.807, 2.05) is 0 Å². The van der Waals surface area contributed by atoms with Gasteiger partial charge in [0.25, 0.3) is 0 Å². The molecule has 1 aliphatic carbocycles. The van der Waals surface area contributed by atoms with E-state index >= 15 is 0 Å². The Morgan fingerprint density at radius 3 is 2.21 bits per heavy atom. The Morgan fingerprint density at radius 1 is 1.21 bits per heavy atom. The summed E-state index contributed by atoms with van der Waals surface area (Å²) in [6, 6.07) is 0. The first-order chi connectivity index (χ1) is 6.75. The largest absolute Gasteiger partial charge is 0.395 e. The average Bonchev–Trinajstić information content (AvgIpc) is 2.44. The minimum atomic E-state index is 0.166. The van der Waals surface area contributed by atoms with Crippen molar-refractivity contribution in [3.63, 3.8) is 0 Å². The van der Waals surface area contributed by atoms with Crippen LogP contribution in [0.3, 0.4) is 0 Å².